The van der Waals surface area contributed by atoms with Gasteiger partial charge >= 0.3 is 0 Å². The van der Waals surface area contributed by atoms with Crippen LogP contribution in [0.5, 0.6) is 0 Å². The van der Waals surface area contributed by atoms with Crippen molar-refractivity contribution in [2.24, 2.45) is 0 Å². The Labute approximate surface area is 163 Å². The molecule has 1 amide bonds. The second-order valence-corrected chi connectivity index (χ2v) is 7.99. The topological polar surface area (TPSA) is 46.4 Å². The molecule has 4 rings (SSSR count). The van der Waals surface area contributed by atoms with E-state index in [4.69, 9.17) is 4.98 Å². The van der Waals surface area contributed by atoms with Crippen molar-refractivity contribution in [1.29, 1.82) is 0 Å². The fraction of sp³-hybridized carbons (Fsp3) is 0.100. The zero-order chi connectivity index (χ0) is 18.3. The van der Waals surface area contributed by atoms with E-state index in [2.05, 4.69) is 21.2 Å². The zero-order valence-corrected chi connectivity index (χ0v) is 16.7. The third-order valence-corrected chi connectivity index (χ3v) is 5.94. The maximum Gasteiger partial charge on any atom is 0.265 e. The molecule has 0 fully saturated rings. The first-order valence-electron chi connectivity index (χ1n) is 8.12. The van der Waals surface area contributed by atoms with Crippen LogP contribution in [0.15, 0.2) is 58.6 Å². The molecule has 0 atom stereocenters. The van der Waals surface area contributed by atoms with Crippen molar-refractivity contribution in [2.45, 2.75) is 13.8 Å². The van der Waals surface area contributed by atoms with E-state index in [-0.39, 0.29) is 5.91 Å². The van der Waals surface area contributed by atoms with Crippen LogP contribution in [0.2, 0.25) is 0 Å². The number of benzene rings is 1. The predicted octanol–water partition coefficient (Wildman–Crippen LogP) is 5.69. The average molecular weight is 426 g/mol. The van der Waals surface area contributed by atoms with Crippen molar-refractivity contribution in [3.05, 3.63) is 74.6 Å². The van der Waals surface area contributed by atoms with Crippen molar-refractivity contribution in [1.82, 2.24) is 9.38 Å². The lowest BCUT2D eigenvalue weighted by atomic mass is 10.1. The van der Waals surface area contributed by atoms with Crippen LogP contribution in [0.4, 0.5) is 5.69 Å². The number of pyridine rings is 1. The molecule has 0 unspecified atom stereocenters. The number of aromatic nitrogens is 2. The number of hydrogen-bond donors (Lipinski definition) is 1. The number of halogens is 1. The monoisotopic (exact) mass is 425 g/mol. The van der Waals surface area contributed by atoms with Gasteiger partial charge in [0.05, 0.1) is 10.6 Å². The lowest BCUT2D eigenvalue weighted by molar-refractivity contribution is 0.103. The Morgan fingerprint density at radius 1 is 1.19 bits per heavy atom. The number of aryl methyl sites for hydroxylation is 2. The lowest BCUT2D eigenvalue weighted by Gasteiger charge is -2.09. The van der Waals surface area contributed by atoms with Crippen LogP contribution in [0.25, 0.3) is 16.9 Å². The highest BCUT2D eigenvalue weighted by Gasteiger charge is 2.12. The third kappa shape index (κ3) is 3.18. The zero-order valence-electron chi connectivity index (χ0n) is 14.3. The molecule has 0 aliphatic heterocycles. The van der Waals surface area contributed by atoms with Crippen LogP contribution in [-0.2, 0) is 0 Å². The van der Waals surface area contributed by atoms with Crippen molar-refractivity contribution < 1.29 is 4.79 Å². The molecule has 0 radical (unpaired) electrons. The molecule has 4 aromatic rings. The Kier molecular flexibility index (Phi) is 4.38. The third-order valence-electron chi connectivity index (χ3n) is 4.25. The molecule has 0 spiro atoms. The molecule has 6 heteroatoms. The quantitative estimate of drug-likeness (QED) is 0.457. The van der Waals surface area contributed by atoms with Crippen molar-refractivity contribution in [3.63, 3.8) is 0 Å². The number of rotatable bonds is 3. The SMILES string of the molecule is Cc1ccc(-c2cn3cccc(C)c3n2)cc1NC(=O)c1cc(Br)cs1. The van der Waals surface area contributed by atoms with Crippen LogP contribution in [-0.4, -0.2) is 15.3 Å². The maximum absolute atomic E-state index is 12.5. The number of nitrogens with one attached hydrogen (secondary N) is 1. The number of carbonyl (C=O) groups is 1. The first kappa shape index (κ1) is 17.0. The summed E-state index contributed by atoms with van der Waals surface area (Å²) in [5.74, 6) is -0.105. The fourth-order valence-electron chi connectivity index (χ4n) is 2.82. The molecule has 1 aromatic carbocycles. The van der Waals surface area contributed by atoms with Gasteiger partial charge in [0, 0.05) is 33.5 Å². The van der Waals surface area contributed by atoms with Crippen molar-refractivity contribution in [2.75, 3.05) is 5.32 Å². The molecule has 0 saturated carbocycles. The summed E-state index contributed by atoms with van der Waals surface area (Å²) in [6, 6.07) is 11.9. The molecule has 1 N–H and O–H groups in total. The molecule has 0 aliphatic rings. The molecule has 3 aromatic heterocycles. The van der Waals surface area contributed by atoms with E-state index in [1.165, 1.54) is 11.3 Å². The largest absolute Gasteiger partial charge is 0.321 e. The van der Waals surface area contributed by atoms with Gasteiger partial charge in [0.25, 0.3) is 5.91 Å². The summed E-state index contributed by atoms with van der Waals surface area (Å²) in [5, 5.41) is 4.91. The summed E-state index contributed by atoms with van der Waals surface area (Å²) >= 11 is 4.80. The highest BCUT2D eigenvalue weighted by molar-refractivity contribution is 9.10. The van der Waals surface area contributed by atoms with Gasteiger partial charge in [-0.25, -0.2) is 4.98 Å². The number of imidazole rings is 1. The van der Waals surface area contributed by atoms with Crippen LogP contribution in [0.1, 0.15) is 20.8 Å². The highest BCUT2D eigenvalue weighted by atomic mass is 79.9. The number of carbonyl (C=O) groups excluding carboxylic acids is 1. The minimum absolute atomic E-state index is 0.105. The second-order valence-electron chi connectivity index (χ2n) is 6.16. The van der Waals surface area contributed by atoms with E-state index in [1.54, 1.807) is 0 Å². The molecular weight excluding hydrogens is 410 g/mol. The summed E-state index contributed by atoms with van der Waals surface area (Å²) in [6.45, 7) is 4.03. The van der Waals surface area contributed by atoms with E-state index in [0.717, 1.165) is 38.2 Å². The Morgan fingerprint density at radius 2 is 2.04 bits per heavy atom. The second kappa shape index (κ2) is 6.70. The average Bonchev–Trinajstić information content (AvgIpc) is 3.24. The number of fused-ring (bicyclic) bond motifs is 1. The van der Waals surface area contributed by atoms with E-state index in [1.807, 2.05) is 72.4 Å². The molecule has 0 saturated heterocycles. The number of anilines is 1. The molecule has 3 heterocycles. The number of amides is 1. The fourth-order valence-corrected chi connectivity index (χ4v) is 4.15. The van der Waals surface area contributed by atoms with Gasteiger partial charge in [0.2, 0.25) is 0 Å². The normalized spacial score (nSPS) is 11.0. The maximum atomic E-state index is 12.5. The smallest absolute Gasteiger partial charge is 0.265 e. The van der Waals surface area contributed by atoms with Gasteiger partial charge in [-0.15, -0.1) is 11.3 Å². The van der Waals surface area contributed by atoms with E-state index in [9.17, 15) is 4.79 Å². The van der Waals surface area contributed by atoms with Gasteiger partial charge in [0.15, 0.2) is 0 Å². The Bertz CT molecular complexity index is 1130. The van der Waals surface area contributed by atoms with Gasteiger partial charge in [-0.3, -0.25) is 4.79 Å². The Balaban J connectivity index is 1.69. The van der Waals surface area contributed by atoms with Crippen molar-refractivity contribution in [3.8, 4) is 11.3 Å². The Hall–Kier alpha value is -2.44. The van der Waals surface area contributed by atoms with E-state index >= 15 is 0 Å². The van der Waals surface area contributed by atoms with Gasteiger partial charge < -0.3 is 9.72 Å². The number of thiophene rings is 1. The summed E-state index contributed by atoms with van der Waals surface area (Å²) in [7, 11) is 0. The van der Waals surface area contributed by atoms with Gasteiger partial charge in [-0.05, 0) is 59.1 Å². The minimum atomic E-state index is -0.105. The summed E-state index contributed by atoms with van der Waals surface area (Å²) in [5.41, 5.74) is 5.73. The molecule has 4 nitrogen and oxygen atoms in total. The van der Waals surface area contributed by atoms with E-state index < -0.39 is 0 Å². The van der Waals surface area contributed by atoms with Gasteiger partial charge in [-0.2, -0.15) is 0 Å². The molecular formula is C20H16BrN3OS. The summed E-state index contributed by atoms with van der Waals surface area (Å²) in [6.07, 6.45) is 4.00. The first-order valence-corrected chi connectivity index (χ1v) is 9.79. The molecule has 26 heavy (non-hydrogen) atoms. The van der Waals surface area contributed by atoms with Crippen molar-refractivity contribution >= 4 is 44.5 Å². The predicted molar refractivity (Wildman–Crippen MR) is 110 cm³/mol. The molecule has 0 bridgehead atoms. The highest BCUT2D eigenvalue weighted by Crippen LogP contribution is 2.27. The standard InChI is InChI=1S/C20H16BrN3OS/c1-12-5-6-14(17-10-24-7-3-4-13(2)19(24)22-17)8-16(12)23-20(25)18-9-15(21)11-26-18/h3-11H,1-2H3,(H,23,25). The number of hydrogen-bond acceptors (Lipinski definition) is 3. The minimum Gasteiger partial charge on any atom is -0.321 e. The van der Waals surface area contributed by atoms with Crippen LogP contribution in [0.3, 0.4) is 0 Å². The van der Waals surface area contributed by atoms with Gasteiger partial charge in [0.1, 0.15) is 5.65 Å². The van der Waals surface area contributed by atoms with Gasteiger partial charge in [-0.1, -0.05) is 18.2 Å². The summed E-state index contributed by atoms with van der Waals surface area (Å²) in [4.78, 5) is 17.9. The molecule has 130 valence electrons. The summed E-state index contributed by atoms with van der Waals surface area (Å²) < 4.78 is 2.93. The van der Waals surface area contributed by atoms with Crippen LogP contribution >= 0.6 is 27.3 Å². The van der Waals surface area contributed by atoms with Crippen LogP contribution in [0, 0.1) is 13.8 Å². The first-order chi connectivity index (χ1) is 12.5. The Morgan fingerprint density at radius 3 is 2.77 bits per heavy atom. The molecule has 0 aliphatic carbocycles. The van der Waals surface area contributed by atoms with Crippen LogP contribution < -0.4 is 5.32 Å². The number of nitrogens with zero attached hydrogens (tertiary/aromatic N) is 2. The lowest BCUT2D eigenvalue weighted by Crippen LogP contribution is -2.11. The van der Waals surface area contributed by atoms with E-state index in [0.29, 0.717) is 4.88 Å².